The van der Waals surface area contributed by atoms with E-state index in [1.54, 1.807) is 4.90 Å². The van der Waals surface area contributed by atoms with Gasteiger partial charge in [0.15, 0.2) is 0 Å². The molecule has 2 nitrogen and oxygen atoms in total. The highest BCUT2D eigenvalue weighted by Crippen LogP contribution is 2.27. The minimum atomic E-state index is 0.137. The number of carbonyl (C=O) groups is 1. The zero-order valence-corrected chi connectivity index (χ0v) is 12.9. The third-order valence-electron chi connectivity index (χ3n) is 4.31. The lowest BCUT2D eigenvalue weighted by Gasteiger charge is -2.25. The fraction of sp³-hybridized carbons (Fsp3) is 0.316. The molecule has 0 saturated carbocycles. The summed E-state index contributed by atoms with van der Waals surface area (Å²) in [4.78, 5) is 13.9. The summed E-state index contributed by atoms with van der Waals surface area (Å²) in [5.41, 5.74) is 5.79. The van der Waals surface area contributed by atoms with E-state index in [9.17, 15) is 4.79 Å². The van der Waals surface area contributed by atoms with E-state index in [2.05, 4.69) is 50.2 Å². The number of hydrogen-bond acceptors (Lipinski definition) is 1. The summed E-state index contributed by atoms with van der Waals surface area (Å²) in [5, 5.41) is 0. The second-order valence-electron chi connectivity index (χ2n) is 6.13. The van der Waals surface area contributed by atoms with Gasteiger partial charge in [-0.25, -0.2) is 0 Å². The molecule has 0 N–H and O–H groups in total. The van der Waals surface area contributed by atoms with Gasteiger partial charge in [0.2, 0.25) is 0 Å². The van der Waals surface area contributed by atoms with Gasteiger partial charge in [0.25, 0.3) is 5.91 Å². The standard InChI is InChI=1S/C19H21NO/c1-13(2)14-4-6-15(7-5-14)16-8-9-18-17(12-16)10-11-20(3)19(18)21/h4-9,12-13H,10-11H2,1-3H3. The Morgan fingerprint density at radius 3 is 2.33 bits per heavy atom. The van der Waals surface area contributed by atoms with Crippen LogP contribution < -0.4 is 0 Å². The molecule has 1 aliphatic rings. The van der Waals surface area contributed by atoms with Crippen LogP contribution in [0.3, 0.4) is 0 Å². The van der Waals surface area contributed by atoms with Gasteiger partial charge in [-0.3, -0.25) is 4.79 Å². The highest BCUT2D eigenvalue weighted by Gasteiger charge is 2.21. The third kappa shape index (κ3) is 2.58. The zero-order chi connectivity index (χ0) is 15.0. The van der Waals surface area contributed by atoms with Crippen LogP contribution in [0.4, 0.5) is 0 Å². The summed E-state index contributed by atoms with van der Waals surface area (Å²) in [6.45, 7) is 5.22. The van der Waals surface area contributed by atoms with E-state index in [0.717, 1.165) is 18.5 Å². The van der Waals surface area contributed by atoms with Crippen LogP contribution in [0, 0.1) is 0 Å². The van der Waals surface area contributed by atoms with E-state index >= 15 is 0 Å². The molecule has 0 aliphatic carbocycles. The van der Waals surface area contributed by atoms with Crippen molar-refractivity contribution in [3.8, 4) is 11.1 Å². The fourth-order valence-electron chi connectivity index (χ4n) is 2.84. The zero-order valence-electron chi connectivity index (χ0n) is 12.9. The quantitative estimate of drug-likeness (QED) is 0.810. The molecule has 0 unspecified atom stereocenters. The van der Waals surface area contributed by atoms with E-state index < -0.39 is 0 Å². The lowest BCUT2D eigenvalue weighted by atomic mass is 9.93. The Hall–Kier alpha value is -2.09. The molecule has 3 rings (SSSR count). The molecule has 0 spiro atoms. The summed E-state index contributed by atoms with van der Waals surface area (Å²) in [5.74, 6) is 0.689. The molecule has 1 aliphatic heterocycles. The summed E-state index contributed by atoms with van der Waals surface area (Å²) in [7, 11) is 1.86. The van der Waals surface area contributed by atoms with Crippen molar-refractivity contribution >= 4 is 5.91 Å². The molecule has 108 valence electrons. The third-order valence-corrected chi connectivity index (χ3v) is 4.31. The predicted octanol–water partition coefficient (Wildman–Crippen LogP) is 4.11. The Labute approximate surface area is 126 Å². The first-order valence-corrected chi connectivity index (χ1v) is 7.55. The van der Waals surface area contributed by atoms with Crippen molar-refractivity contribution in [3.63, 3.8) is 0 Å². The van der Waals surface area contributed by atoms with Gasteiger partial charge in [0, 0.05) is 19.2 Å². The van der Waals surface area contributed by atoms with E-state index in [-0.39, 0.29) is 5.91 Å². The summed E-state index contributed by atoms with van der Waals surface area (Å²) in [6.07, 6.45) is 0.940. The van der Waals surface area contributed by atoms with Gasteiger partial charge in [0.05, 0.1) is 0 Å². The molecule has 1 heterocycles. The maximum atomic E-state index is 12.1. The smallest absolute Gasteiger partial charge is 0.253 e. The van der Waals surface area contributed by atoms with Gasteiger partial charge in [0.1, 0.15) is 0 Å². The Bertz CT molecular complexity index is 670. The first-order chi connectivity index (χ1) is 10.1. The SMILES string of the molecule is CC(C)c1ccc(-c2ccc3c(c2)CCN(C)C3=O)cc1. The maximum absolute atomic E-state index is 12.1. The number of benzene rings is 2. The van der Waals surface area contributed by atoms with Crippen LogP contribution in [0.15, 0.2) is 42.5 Å². The number of hydrogen-bond donors (Lipinski definition) is 0. The van der Waals surface area contributed by atoms with Gasteiger partial charge >= 0.3 is 0 Å². The summed E-state index contributed by atoms with van der Waals surface area (Å²) < 4.78 is 0. The van der Waals surface area contributed by atoms with Gasteiger partial charge < -0.3 is 4.90 Å². The normalized spacial score (nSPS) is 14.5. The van der Waals surface area contributed by atoms with Gasteiger partial charge in [-0.05, 0) is 40.7 Å². The lowest BCUT2D eigenvalue weighted by Crippen LogP contribution is -2.34. The predicted molar refractivity (Wildman–Crippen MR) is 86.6 cm³/mol. The molecule has 0 atom stereocenters. The van der Waals surface area contributed by atoms with Crippen LogP contribution in [-0.4, -0.2) is 24.4 Å². The van der Waals surface area contributed by atoms with E-state index in [1.807, 2.05) is 13.1 Å². The number of nitrogens with zero attached hydrogens (tertiary/aromatic N) is 1. The number of amides is 1. The summed E-state index contributed by atoms with van der Waals surface area (Å²) >= 11 is 0. The van der Waals surface area contributed by atoms with E-state index in [1.165, 1.54) is 22.3 Å². The number of carbonyl (C=O) groups excluding carboxylic acids is 1. The minimum absolute atomic E-state index is 0.137. The largest absolute Gasteiger partial charge is 0.341 e. The van der Waals surface area contributed by atoms with Crippen LogP contribution in [-0.2, 0) is 6.42 Å². The molecule has 0 radical (unpaired) electrons. The number of rotatable bonds is 2. The molecule has 0 bridgehead atoms. The molecule has 21 heavy (non-hydrogen) atoms. The monoisotopic (exact) mass is 279 g/mol. The topological polar surface area (TPSA) is 20.3 Å². The van der Waals surface area contributed by atoms with Crippen LogP contribution in [0.2, 0.25) is 0 Å². The van der Waals surface area contributed by atoms with E-state index in [0.29, 0.717) is 5.92 Å². The Balaban J connectivity index is 1.95. The maximum Gasteiger partial charge on any atom is 0.253 e. The lowest BCUT2D eigenvalue weighted by molar-refractivity contribution is 0.0781. The highest BCUT2D eigenvalue weighted by atomic mass is 16.2. The highest BCUT2D eigenvalue weighted by molar-refractivity contribution is 5.97. The second-order valence-corrected chi connectivity index (χ2v) is 6.13. The van der Waals surface area contributed by atoms with Crippen molar-refractivity contribution in [2.24, 2.45) is 0 Å². The molecule has 2 aromatic rings. The van der Waals surface area contributed by atoms with Crippen molar-refractivity contribution in [1.29, 1.82) is 0 Å². The molecule has 2 aromatic carbocycles. The van der Waals surface area contributed by atoms with Crippen LogP contribution in [0.1, 0.15) is 41.3 Å². The van der Waals surface area contributed by atoms with Crippen molar-refractivity contribution in [1.82, 2.24) is 4.90 Å². The molecular formula is C19H21NO. The Morgan fingerprint density at radius 2 is 1.67 bits per heavy atom. The molecule has 0 aromatic heterocycles. The van der Waals surface area contributed by atoms with Crippen molar-refractivity contribution in [2.75, 3.05) is 13.6 Å². The van der Waals surface area contributed by atoms with Crippen LogP contribution >= 0.6 is 0 Å². The van der Waals surface area contributed by atoms with Crippen molar-refractivity contribution < 1.29 is 4.79 Å². The molecule has 0 saturated heterocycles. The molecule has 2 heteroatoms. The first kappa shape index (κ1) is 13.9. The number of fused-ring (bicyclic) bond motifs is 1. The molecule has 1 amide bonds. The second kappa shape index (κ2) is 5.36. The summed E-state index contributed by atoms with van der Waals surface area (Å²) in [6, 6.07) is 14.9. The van der Waals surface area contributed by atoms with Gasteiger partial charge in [-0.2, -0.15) is 0 Å². The fourth-order valence-corrected chi connectivity index (χ4v) is 2.84. The van der Waals surface area contributed by atoms with E-state index in [4.69, 9.17) is 0 Å². The Morgan fingerprint density at radius 1 is 1.00 bits per heavy atom. The van der Waals surface area contributed by atoms with Crippen LogP contribution in [0.5, 0.6) is 0 Å². The van der Waals surface area contributed by atoms with Gasteiger partial charge in [-0.1, -0.05) is 50.2 Å². The Kier molecular flexibility index (Phi) is 3.54. The van der Waals surface area contributed by atoms with Crippen LogP contribution in [0.25, 0.3) is 11.1 Å². The van der Waals surface area contributed by atoms with Crippen molar-refractivity contribution in [2.45, 2.75) is 26.2 Å². The van der Waals surface area contributed by atoms with Crippen molar-refractivity contribution in [3.05, 3.63) is 59.2 Å². The average molecular weight is 279 g/mol. The average Bonchev–Trinajstić information content (AvgIpc) is 2.51. The first-order valence-electron chi connectivity index (χ1n) is 7.55. The minimum Gasteiger partial charge on any atom is -0.341 e. The number of likely N-dealkylation sites (N-methyl/N-ethyl adjacent to an activating group) is 1. The molecular weight excluding hydrogens is 258 g/mol. The van der Waals surface area contributed by atoms with Gasteiger partial charge in [-0.15, -0.1) is 0 Å². The molecule has 0 fully saturated rings.